The van der Waals surface area contributed by atoms with Crippen molar-refractivity contribution in [1.82, 2.24) is 0 Å². The number of rotatable bonds is 2. The van der Waals surface area contributed by atoms with Crippen molar-refractivity contribution in [2.24, 2.45) is 5.73 Å². The molecule has 0 aromatic heterocycles. The van der Waals surface area contributed by atoms with Crippen LogP contribution in [0.5, 0.6) is 0 Å². The second-order valence-electron chi connectivity index (χ2n) is 2.72. The molecule has 1 saturated heterocycles. The number of aliphatic hydroxyl groups is 2. The Bertz CT molecular complexity index is 185. The molecule has 12 heavy (non-hydrogen) atoms. The Morgan fingerprint density at radius 2 is 2.17 bits per heavy atom. The Morgan fingerprint density at radius 3 is 2.50 bits per heavy atom. The topological polar surface area (TPSA) is 113 Å². The van der Waals surface area contributed by atoms with Gasteiger partial charge in [0.1, 0.15) is 24.4 Å². The van der Waals surface area contributed by atoms with Gasteiger partial charge in [-0.1, -0.05) is 0 Å². The van der Waals surface area contributed by atoms with Crippen LogP contribution in [0.1, 0.15) is 0 Å². The van der Waals surface area contributed by atoms with Crippen molar-refractivity contribution < 1.29 is 24.9 Å². The summed E-state index contributed by atoms with van der Waals surface area (Å²) in [5, 5.41) is 26.6. The first-order valence-corrected chi connectivity index (χ1v) is 3.50. The van der Waals surface area contributed by atoms with Crippen molar-refractivity contribution in [3.8, 4) is 0 Å². The van der Waals surface area contributed by atoms with Crippen LogP contribution in [0.15, 0.2) is 0 Å². The molecule has 0 radical (unpaired) electrons. The van der Waals surface area contributed by atoms with Crippen molar-refractivity contribution in [3.05, 3.63) is 0 Å². The number of hydrogen-bond donors (Lipinski definition) is 4. The molecule has 1 rings (SSSR count). The summed E-state index contributed by atoms with van der Waals surface area (Å²) in [6.45, 7) is -0.0766. The first-order valence-electron chi connectivity index (χ1n) is 3.50. The molecule has 6 nitrogen and oxygen atoms in total. The monoisotopic (exact) mass is 177 g/mol. The first kappa shape index (κ1) is 9.40. The van der Waals surface area contributed by atoms with Crippen LogP contribution in [0.25, 0.3) is 0 Å². The van der Waals surface area contributed by atoms with Crippen LogP contribution in [-0.2, 0) is 9.53 Å². The zero-order valence-electron chi connectivity index (χ0n) is 6.25. The van der Waals surface area contributed by atoms with Crippen molar-refractivity contribution in [3.63, 3.8) is 0 Å². The highest BCUT2D eigenvalue weighted by Crippen LogP contribution is 2.16. The van der Waals surface area contributed by atoms with Gasteiger partial charge < -0.3 is 25.8 Å². The van der Waals surface area contributed by atoms with E-state index < -0.39 is 30.3 Å². The SMILES string of the molecule is NC(C(=O)O)C1OC[C@H](O)[C@H]1O. The fourth-order valence-electron chi connectivity index (χ4n) is 1.08. The summed E-state index contributed by atoms with van der Waals surface area (Å²) in [7, 11) is 0. The van der Waals surface area contributed by atoms with Gasteiger partial charge in [0, 0.05) is 0 Å². The lowest BCUT2D eigenvalue weighted by molar-refractivity contribution is -0.143. The molecule has 0 spiro atoms. The third kappa shape index (κ3) is 1.56. The predicted octanol–water partition coefficient (Wildman–Crippen LogP) is -2.48. The zero-order valence-corrected chi connectivity index (χ0v) is 6.25. The van der Waals surface area contributed by atoms with Gasteiger partial charge in [0.25, 0.3) is 0 Å². The average molecular weight is 177 g/mol. The third-order valence-corrected chi connectivity index (χ3v) is 1.83. The summed E-state index contributed by atoms with van der Waals surface area (Å²) in [5.74, 6) is -1.26. The fourth-order valence-corrected chi connectivity index (χ4v) is 1.08. The second kappa shape index (κ2) is 3.36. The first-order chi connectivity index (χ1) is 5.54. The molecule has 1 aliphatic heterocycles. The van der Waals surface area contributed by atoms with Gasteiger partial charge in [0.05, 0.1) is 6.61 Å². The number of carboxylic acid groups (broad SMARTS) is 1. The van der Waals surface area contributed by atoms with Gasteiger partial charge in [-0.25, -0.2) is 0 Å². The quantitative estimate of drug-likeness (QED) is 0.371. The Balaban J connectivity index is 2.59. The molecule has 1 heterocycles. The molecule has 5 N–H and O–H groups in total. The highest BCUT2D eigenvalue weighted by Gasteiger charge is 2.41. The molecule has 0 saturated carbocycles. The normalized spacial score (nSPS) is 38.1. The van der Waals surface area contributed by atoms with Crippen molar-refractivity contribution in [1.29, 1.82) is 0 Å². The third-order valence-electron chi connectivity index (χ3n) is 1.83. The van der Waals surface area contributed by atoms with Crippen LogP contribution >= 0.6 is 0 Å². The molecule has 0 aromatic rings. The minimum atomic E-state index is -1.29. The summed E-state index contributed by atoms with van der Waals surface area (Å²) in [6.07, 6.45) is -3.27. The molecule has 6 heteroatoms. The van der Waals surface area contributed by atoms with Gasteiger partial charge >= 0.3 is 5.97 Å². The highest BCUT2D eigenvalue weighted by atomic mass is 16.5. The second-order valence-corrected chi connectivity index (χ2v) is 2.72. The minimum Gasteiger partial charge on any atom is -0.480 e. The summed E-state index contributed by atoms with van der Waals surface area (Å²) in [6, 6.07) is -1.29. The molecule has 0 aliphatic carbocycles. The largest absolute Gasteiger partial charge is 0.480 e. The molecular weight excluding hydrogens is 166 g/mol. The molecule has 4 atom stereocenters. The van der Waals surface area contributed by atoms with Crippen molar-refractivity contribution in [2.75, 3.05) is 6.61 Å². The number of aliphatic hydroxyl groups excluding tert-OH is 2. The molecule has 1 aliphatic rings. The lowest BCUT2D eigenvalue weighted by Gasteiger charge is -2.17. The zero-order chi connectivity index (χ0) is 9.30. The van der Waals surface area contributed by atoms with Crippen LogP contribution in [0.2, 0.25) is 0 Å². The number of hydrogen-bond acceptors (Lipinski definition) is 5. The Morgan fingerprint density at radius 1 is 1.58 bits per heavy atom. The Kier molecular flexibility index (Phi) is 2.63. The standard InChI is InChI=1S/C6H11NO5/c7-3(6(10)11)5-4(9)2(8)1-12-5/h2-5,8-9H,1,7H2,(H,10,11)/t2-,3?,4+,5?/m0/s1. The van der Waals surface area contributed by atoms with E-state index in [1.54, 1.807) is 0 Å². The number of carbonyl (C=O) groups is 1. The molecule has 1 fully saturated rings. The molecule has 0 bridgehead atoms. The van der Waals surface area contributed by atoms with Crippen LogP contribution in [0.3, 0.4) is 0 Å². The van der Waals surface area contributed by atoms with E-state index in [2.05, 4.69) is 0 Å². The van der Waals surface area contributed by atoms with Crippen molar-refractivity contribution in [2.45, 2.75) is 24.4 Å². The lowest BCUT2D eigenvalue weighted by atomic mass is 10.1. The van der Waals surface area contributed by atoms with E-state index >= 15 is 0 Å². The summed E-state index contributed by atoms with van der Waals surface area (Å²) < 4.78 is 4.79. The van der Waals surface area contributed by atoms with E-state index in [1.165, 1.54) is 0 Å². The van der Waals surface area contributed by atoms with Gasteiger partial charge in [-0.05, 0) is 0 Å². The molecule has 0 aromatic carbocycles. The van der Waals surface area contributed by atoms with Crippen LogP contribution in [-0.4, -0.2) is 52.2 Å². The Hall–Kier alpha value is -0.690. The maximum atomic E-state index is 10.3. The van der Waals surface area contributed by atoms with E-state index in [4.69, 9.17) is 25.8 Å². The van der Waals surface area contributed by atoms with E-state index in [9.17, 15) is 4.79 Å². The number of ether oxygens (including phenoxy) is 1. The van der Waals surface area contributed by atoms with E-state index in [0.717, 1.165) is 0 Å². The van der Waals surface area contributed by atoms with Gasteiger partial charge in [0.15, 0.2) is 0 Å². The minimum absolute atomic E-state index is 0.0766. The molecule has 70 valence electrons. The van der Waals surface area contributed by atoms with Gasteiger partial charge in [-0.2, -0.15) is 0 Å². The van der Waals surface area contributed by atoms with Crippen LogP contribution in [0.4, 0.5) is 0 Å². The maximum Gasteiger partial charge on any atom is 0.323 e. The maximum absolute atomic E-state index is 10.3. The fraction of sp³-hybridized carbons (Fsp3) is 0.833. The highest BCUT2D eigenvalue weighted by molar-refractivity contribution is 5.74. The average Bonchev–Trinajstić information content (AvgIpc) is 2.32. The smallest absolute Gasteiger partial charge is 0.323 e. The van der Waals surface area contributed by atoms with Gasteiger partial charge in [-0.15, -0.1) is 0 Å². The summed E-state index contributed by atoms with van der Waals surface area (Å²) in [4.78, 5) is 10.3. The summed E-state index contributed by atoms with van der Waals surface area (Å²) >= 11 is 0. The van der Waals surface area contributed by atoms with Crippen LogP contribution < -0.4 is 5.73 Å². The van der Waals surface area contributed by atoms with E-state index in [-0.39, 0.29) is 6.61 Å². The molecular formula is C6H11NO5. The lowest BCUT2D eigenvalue weighted by Crippen LogP contribution is -2.48. The predicted molar refractivity (Wildman–Crippen MR) is 37.4 cm³/mol. The summed E-state index contributed by atoms with van der Waals surface area (Å²) in [5.41, 5.74) is 5.18. The van der Waals surface area contributed by atoms with Gasteiger partial charge in [0.2, 0.25) is 0 Å². The van der Waals surface area contributed by atoms with E-state index in [0.29, 0.717) is 0 Å². The van der Waals surface area contributed by atoms with Crippen LogP contribution in [0, 0.1) is 0 Å². The number of aliphatic carboxylic acids is 1. The molecule has 2 unspecified atom stereocenters. The molecule has 0 amide bonds. The Labute approximate surface area is 68.6 Å². The van der Waals surface area contributed by atoms with Gasteiger partial charge in [-0.3, -0.25) is 4.79 Å². The number of nitrogens with two attached hydrogens (primary N) is 1. The van der Waals surface area contributed by atoms with E-state index in [1.807, 2.05) is 0 Å². The number of carboxylic acids is 1. The van der Waals surface area contributed by atoms with Crippen molar-refractivity contribution >= 4 is 5.97 Å².